The van der Waals surface area contributed by atoms with Crippen LogP contribution in [0.1, 0.15) is 23.2 Å². The number of amides is 1. The summed E-state index contributed by atoms with van der Waals surface area (Å²) in [4.78, 5) is 28.1. The number of rotatable bonds is 5. The number of carbonyl (C=O) groups is 2. The number of hydrogen-bond acceptors (Lipinski definition) is 3. The van der Waals surface area contributed by atoms with Gasteiger partial charge in [-0.05, 0) is 12.1 Å². The van der Waals surface area contributed by atoms with Gasteiger partial charge < -0.3 is 0 Å². The number of para-hydroxylation sites is 2. The van der Waals surface area contributed by atoms with Crippen LogP contribution in [0.5, 0.6) is 0 Å². The summed E-state index contributed by atoms with van der Waals surface area (Å²) in [6.07, 6.45) is 1.88. The standard InChI is InChI=1S/C17H15N3O2/c21-16(13-6-2-1-3-7-13)10-11-17(22)19-20-12-18-14-8-4-5-9-15(14)20/h1-9,12H,10-11H2,(H,19,22). The molecule has 0 unspecified atom stereocenters. The summed E-state index contributed by atoms with van der Waals surface area (Å²) in [6.45, 7) is 0. The lowest BCUT2D eigenvalue weighted by molar-refractivity contribution is -0.117. The van der Waals surface area contributed by atoms with Crippen molar-refractivity contribution in [2.24, 2.45) is 0 Å². The number of benzene rings is 2. The molecule has 0 aliphatic heterocycles. The smallest absolute Gasteiger partial charge is 0.239 e. The highest BCUT2D eigenvalue weighted by molar-refractivity contribution is 5.98. The first-order valence-corrected chi connectivity index (χ1v) is 7.04. The maximum Gasteiger partial charge on any atom is 0.239 e. The van der Waals surface area contributed by atoms with E-state index in [0.717, 1.165) is 11.0 Å². The van der Waals surface area contributed by atoms with Crippen LogP contribution >= 0.6 is 0 Å². The van der Waals surface area contributed by atoms with Crippen LogP contribution in [0.25, 0.3) is 11.0 Å². The molecule has 1 N–H and O–H groups in total. The Bertz CT molecular complexity index is 809. The molecule has 0 bridgehead atoms. The van der Waals surface area contributed by atoms with Gasteiger partial charge in [-0.2, -0.15) is 0 Å². The molecule has 0 radical (unpaired) electrons. The Morgan fingerprint density at radius 3 is 2.50 bits per heavy atom. The molecule has 3 aromatic rings. The predicted octanol–water partition coefficient (Wildman–Crippen LogP) is 2.77. The Kier molecular flexibility index (Phi) is 3.96. The normalized spacial score (nSPS) is 10.5. The number of imidazole rings is 1. The maximum atomic E-state index is 12.0. The van der Waals surface area contributed by atoms with Crippen LogP contribution in [0.15, 0.2) is 60.9 Å². The molecule has 0 fully saturated rings. The molecule has 1 aromatic heterocycles. The zero-order valence-electron chi connectivity index (χ0n) is 11.9. The molecule has 2 aromatic carbocycles. The fourth-order valence-electron chi connectivity index (χ4n) is 2.23. The van der Waals surface area contributed by atoms with Gasteiger partial charge in [-0.1, -0.05) is 42.5 Å². The number of hydrogen-bond donors (Lipinski definition) is 1. The van der Waals surface area contributed by atoms with Crippen molar-refractivity contribution in [1.29, 1.82) is 0 Å². The Labute approximate surface area is 127 Å². The zero-order chi connectivity index (χ0) is 15.4. The van der Waals surface area contributed by atoms with Crippen molar-refractivity contribution in [3.8, 4) is 0 Å². The molecule has 110 valence electrons. The third-order valence-electron chi connectivity index (χ3n) is 3.37. The van der Waals surface area contributed by atoms with Gasteiger partial charge in [-0.25, -0.2) is 9.66 Å². The lowest BCUT2D eigenvalue weighted by atomic mass is 10.1. The number of fused-ring (bicyclic) bond motifs is 1. The van der Waals surface area contributed by atoms with Gasteiger partial charge >= 0.3 is 0 Å². The fourth-order valence-corrected chi connectivity index (χ4v) is 2.23. The van der Waals surface area contributed by atoms with E-state index < -0.39 is 0 Å². The van der Waals surface area contributed by atoms with E-state index in [1.807, 2.05) is 42.5 Å². The van der Waals surface area contributed by atoms with E-state index in [2.05, 4.69) is 10.4 Å². The molecule has 0 aliphatic carbocycles. The summed E-state index contributed by atoms with van der Waals surface area (Å²) in [5, 5.41) is 0. The van der Waals surface area contributed by atoms with Crippen LogP contribution in [-0.4, -0.2) is 21.4 Å². The van der Waals surface area contributed by atoms with Gasteiger partial charge in [0.25, 0.3) is 0 Å². The van der Waals surface area contributed by atoms with E-state index in [9.17, 15) is 9.59 Å². The second-order valence-electron chi connectivity index (χ2n) is 4.93. The van der Waals surface area contributed by atoms with Crippen LogP contribution in [0.2, 0.25) is 0 Å². The highest BCUT2D eigenvalue weighted by atomic mass is 16.2. The SMILES string of the molecule is O=C(CCC(=O)c1ccccc1)Nn1cnc2ccccc21. The summed E-state index contributed by atoms with van der Waals surface area (Å²) in [7, 11) is 0. The Morgan fingerprint density at radius 1 is 0.955 bits per heavy atom. The molecule has 0 saturated carbocycles. The minimum Gasteiger partial charge on any atom is -0.294 e. The van der Waals surface area contributed by atoms with Crippen molar-refractivity contribution < 1.29 is 9.59 Å². The summed E-state index contributed by atoms with van der Waals surface area (Å²) in [6, 6.07) is 16.5. The first-order chi connectivity index (χ1) is 10.7. The number of nitrogens with zero attached hydrogens (tertiary/aromatic N) is 2. The van der Waals surface area contributed by atoms with E-state index in [0.29, 0.717) is 5.56 Å². The molecule has 0 aliphatic rings. The van der Waals surface area contributed by atoms with E-state index >= 15 is 0 Å². The quantitative estimate of drug-likeness (QED) is 0.736. The topological polar surface area (TPSA) is 64.0 Å². The molecule has 1 heterocycles. The Balaban J connectivity index is 1.60. The molecule has 0 atom stereocenters. The van der Waals surface area contributed by atoms with Crippen molar-refractivity contribution in [2.75, 3.05) is 5.43 Å². The average molecular weight is 293 g/mol. The van der Waals surface area contributed by atoms with Gasteiger partial charge in [0, 0.05) is 18.4 Å². The molecular formula is C17H15N3O2. The van der Waals surface area contributed by atoms with E-state index in [-0.39, 0.29) is 24.5 Å². The first kappa shape index (κ1) is 14.0. The summed E-state index contributed by atoms with van der Waals surface area (Å²) in [5.74, 6) is -0.251. The monoisotopic (exact) mass is 293 g/mol. The first-order valence-electron chi connectivity index (χ1n) is 7.04. The van der Waals surface area contributed by atoms with Gasteiger partial charge in [0.15, 0.2) is 5.78 Å². The van der Waals surface area contributed by atoms with Crippen LogP contribution in [-0.2, 0) is 4.79 Å². The fraction of sp³-hybridized carbons (Fsp3) is 0.118. The molecule has 22 heavy (non-hydrogen) atoms. The van der Waals surface area contributed by atoms with Crippen molar-refractivity contribution in [2.45, 2.75) is 12.8 Å². The Hall–Kier alpha value is -2.95. The lowest BCUT2D eigenvalue weighted by Gasteiger charge is -2.06. The van der Waals surface area contributed by atoms with E-state index in [4.69, 9.17) is 0 Å². The minimum absolute atomic E-state index is 0.0359. The van der Waals surface area contributed by atoms with Gasteiger partial charge in [-0.3, -0.25) is 15.0 Å². The number of ketones is 1. The molecule has 0 saturated heterocycles. The summed E-state index contributed by atoms with van der Waals surface area (Å²) in [5.41, 5.74) is 5.00. The number of carbonyl (C=O) groups excluding carboxylic acids is 2. The second-order valence-corrected chi connectivity index (χ2v) is 4.93. The highest BCUT2D eigenvalue weighted by Crippen LogP contribution is 2.10. The van der Waals surface area contributed by atoms with Crippen LogP contribution in [0.4, 0.5) is 0 Å². The number of aromatic nitrogens is 2. The van der Waals surface area contributed by atoms with Crippen LogP contribution in [0, 0.1) is 0 Å². The summed E-state index contributed by atoms with van der Waals surface area (Å²) >= 11 is 0. The lowest BCUT2D eigenvalue weighted by Crippen LogP contribution is -2.22. The molecule has 3 rings (SSSR count). The van der Waals surface area contributed by atoms with Gasteiger partial charge in [-0.15, -0.1) is 0 Å². The Morgan fingerprint density at radius 2 is 1.68 bits per heavy atom. The van der Waals surface area contributed by atoms with Crippen molar-refractivity contribution in [3.05, 3.63) is 66.5 Å². The molecule has 5 heteroatoms. The highest BCUT2D eigenvalue weighted by Gasteiger charge is 2.10. The third kappa shape index (κ3) is 3.03. The molecule has 0 spiro atoms. The number of Topliss-reactive ketones (excluding diaryl/α,β-unsaturated/α-hetero) is 1. The largest absolute Gasteiger partial charge is 0.294 e. The van der Waals surface area contributed by atoms with Gasteiger partial charge in [0.1, 0.15) is 6.33 Å². The van der Waals surface area contributed by atoms with Gasteiger partial charge in [0.2, 0.25) is 5.91 Å². The number of nitrogens with one attached hydrogen (secondary N) is 1. The molecular weight excluding hydrogens is 278 g/mol. The van der Waals surface area contributed by atoms with Crippen molar-refractivity contribution in [1.82, 2.24) is 9.66 Å². The van der Waals surface area contributed by atoms with Gasteiger partial charge in [0.05, 0.1) is 11.0 Å². The van der Waals surface area contributed by atoms with E-state index in [1.165, 1.54) is 0 Å². The molecule has 1 amide bonds. The second kappa shape index (κ2) is 6.22. The average Bonchev–Trinajstić information content (AvgIpc) is 2.97. The predicted molar refractivity (Wildman–Crippen MR) is 84.1 cm³/mol. The minimum atomic E-state index is -0.215. The van der Waals surface area contributed by atoms with E-state index in [1.54, 1.807) is 23.1 Å². The maximum absolute atomic E-state index is 12.0. The zero-order valence-corrected chi connectivity index (χ0v) is 11.9. The molecule has 5 nitrogen and oxygen atoms in total. The van der Waals surface area contributed by atoms with Crippen molar-refractivity contribution >= 4 is 22.7 Å². The van der Waals surface area contributed by atoms with Crippen LogP contribution in [0.3, 0.4) is 0 Å². The van der Waals surface area contributed by atoms with Crippen LogP contribution < -0.4 is 5.43 Å². The summed E-state index contributed by atoms with van der Waals surface area (Å²) < 4.78 is 1.57. The third-order valence-corrected chi connectivity index (χ3v) is 3.37. The van der Waals surface area contributed by atoms with Crippen molar-refractivity contribution in [3.63, 3.8) is 0 Å².